The molecule has 7 aromatic carbocycles. The molecule has 0 saturated heterocycles. The van der Waals surface area contributed by atoms with Crippen LogP contribution in [0.1, 0.15) is 12.8 Å². The molecule has 9 aromatic rings. The summed E-state index contributed by atoms with van der Waals surface area (Å²) in [4.78, 5) is 0. The summed E-state index contributed by atoms with van der Waals surface area (Å²) in [6.45, 7) is 0. The molecule has 11 rings (SSSR count). The van der Waals surface area contributed by atoms with E-state index in [2.05, 4.69) is 190 Å². The van der Waals surface area contributed by atoms with Gasteiger partial charge in [-0.15, -0.1) is 0 Å². The van der Waals surface area contributed by atoms with E-state index in [0.29, 0.717) is 0 Å². The van der Waals surface area contributed by atoms with Gasteiger partial charge in [-0.25, -0.2) is 0 Å². The number of hydrogen-bond donors (Lipinski definition) is 0. The first-order chi connectivity index (χ1) is 26.3. The van der Waals surface area contributed by atoms with Gasteiger partial charge in [-0.3, -0.25) is 9.34 Å². The van der Waals surface area contributed by atoms with Crippen molar-refractivity contribution in [3.63, 3.8) is 0 Å². The van der Waals surface area contributed by atoms with E-state index >= 15 is 0 Å². The molecule has 1 unspecified atom stereocenters. The molecule has 252 valence electrons. The van der Waals surface area contributed by atoms with Gasteiger partial charge in [0.05, 0.1) is 28.0 Å². The minimum atomic E-state index is -1.08. The Labute approximate surface area is 308 Å². The van der Waals surface area contributed by atoms with Crippen LogP contribution >= 0.6 is 8.22 Å². The van der Waals surface area contributed by atoms with Crippen molar-refractivity contribution in [2.75, 3.05) is 9.34 Å². The summed E-state index contributed by atoms with van der Waals surface area (Å²) >= 11 is 0. The molecule has 4 nitrogen and oxygen atoms in total. The molecule has 2 aliphatic rings. The Morgan fingerprint density at radius 2 is 1.15 bits per heavy atom. The quantitative estimate of drug-likeness (QED) is 0.167. The summed E-state index contributed by atoms with van der Waals surface area (Å²) in [5, 5.41) is 7.47. The summed E-state index contributed by atoms with van der Waals surface area (Å²) in [6, 6.07) is 61.5. The van der Waals surface area contributed by atoms with Crippen LogP contribution in [0, 0.1) is 0 Å². The van der Waals surface area contributed by atoms with Crippen LogP contribution in [0.25, 0.3) is 61.8 Å². The van der Waals surface area contributed by atoms with E-state index in [1.54, 1.807) is 0 Å². The lowest BCUT2D eigenvalue weighted by molar-refractivity contribution is 0.669. The second-order valence-electron chi connectivity index (χ2n) is 13.7. The summed E-state index contributed by atoms with van der Waals surface area (Å²) < 4.78 is 14.0. The maximum Gasteiger partial charge on any atom is 0.138 e. The molecule has 0 N–H and O–H groups in total. The van der Waals surface area contributed by atoms with Crippen molar-refractivity contribution in [1.29, 1.82) is 0 Å². The van der Waals surface area contributed by atoms with Crippen molar-refractivity contribution < 1.29 is 4.42 Å². The molecular weight excluding hydrogens is 666 g/mol. The van der Waals surface area contributed by atoms with E-state index in [0.717, 1.165) is 40.5 Å². The van der Waals surface area contributed by atoms with Crippen molar-refractivity contribution in [2.24, 2.45) is 0 Å². The Morgan fingerprint density at radius 1 is 0.472 bits per heavy atom. The minimum Gasteiger partial charge on any atom is -0.456 e. The van der Waals surface area contributed by atoms with Crippen LogP contribution in [0.5, 0.6) is 0 Å². The van der Waals surface area contributed by atoms with Crippen LogP contribution < -0.4 is 25.2 Å². The van der Waals surface area contributed by atoms with Gasteiger partial charge in [0.2, 0.25) is 0 Å². The second kappa shape index (κ2) is 12.1. The number of anilines is 4. The average Bonchev–Trinajstić information content (AvgIpc) is 3.89. The Kier molecular flexibility index (Phi) is 6.93. The molecule has 2 aromatic heterocycles. The topological polar surface area (TPSA) is 24.6 Å². The van der Waals surface area contributed by atoms with Crippen LogP contribution in [0.4, 0.5) is 22.7 Å². The molecule has 1 aliphatic heterocycles. The Hall–Kier alpha value is -6.35. The maximum atomic E-state index is 6.43. The average molecular weight is 700 g/mol. The summed E-state index contributed by atoms with van der Waals surface area (Å²) in [6.07, 6.45) is 6.95. The van der Waals surface area contributed by atoms with Gasteiger partial charge in [-0.2, -0.15) is 0 Å². The van der Waals surface area contributed by atoms with E-state index in [1.807, 2.05) is 6.07 Å². The molecular formula is C48H34N3OP. The van der Waals surface area contributed by atoms with Gasteiger partial charge in [0.15, 0.2) is 0 Å². The van der Waals surface area contributed by atoms with Crippen molar-refractivity contribution in [3.05, 3.63) is 180 Å². The fourth-order valence-electron chi connectivity index (χ4n) is 8.35. The summed E-state index contributed by atoms with van der Waals surface area (Å²) in [5.74, 6) is 0. The number of nitrogens with zero attached hydrogens (tertiary/aromatic N) is 3. The molecule has 0 saturated carbocycles. The Morgan fingerprint density at radius 3 is 1.98 bits per heavy atom. The highest BCUT2D eigenvalue weighted by Crippen LogP contribution is 2.66. The van der Waals surface area contributed by atoms with Crippen LogP contribution in [-0.4, -0.2) is 4.57 Å². The van der Waals surface area contributed by atoms with E-state index in [-0.39, 0.29) is 0 Å². The van der Waals surface area contributed by atoms with Gasteiger partial charge >= 0.3 is 0 Å². The number of furan rings is 1. The second-order valence-corrected chi connectivity index (χ2v) is 15.6. The van der Waals surface area contributed by atoms with Gasteiger partial charge in [-0.1, -0.05) is 115 Å². The van der Waals surface area contributed by atoms with E-state index in [4.69, 9.17) is 4.42 Å². The normalized spacial score (nSPS) is 15.1. The SMILES string of the molecule is C1=c2c(n(-c3ccccc3)c3ccc(-c4ccc5c(c4)N(c4ccccc4)P(c4ccccc4)N5c4cccc5oc6ccccc6c45)cc23)=CCC1. The zero-order valence-electron chi connectivity index (χ0n) is 28.9. The molecule has 0 fully saturated rings. The predicted octanol–water partition coefficient (Wildman–Crippen LogP) is 11.5. The van der Waals surface area contributed by atoms with Crippen LogP contribution in [0.3, 0.4) is 0 Å². The molecule has 0 bridgehead atoms. The lowest BCUT2D eigenvalue weighted by Crippen LogP contribution is -2.30. The lowest BCUT2D eigenvalue weighted by Gasteiger charge is -2.33. The van der Waals surface area contributed by atoms with E-state index in [9.17, 15) is 0 Å². The van der Waals surface area contributed by atoms with Crippen LogP contribution in [-0.2, 0) is 0 Å². The smallest absolute Gasteiger partial charge is 0.138 e. The molecule has 53 heavy (non-hydrogen) atoms. The van der Waals surface area contributed by atoms with Crippen LogP contribution in [0.2, 0.25) is 0 Å². The van der Waals surface area contributed by atoms with E-state index in [1.165, 1.54) is 60.7 Å². The third kappa shape index (κ3) is 4.73. The van der Waals surface area contributed by atoms with Gasteiger partial charge < -0.3 is 8.98 Å². The van der Waals surface area contributed by atoms with Gasteiger partial charge in [0, 0.05) is 38.0 Å². The molecule has 0 radical (unpaired) electrons. The highest BCUT2D eigenvalue weighted by atomic mass is 31.1. The number of para-hydroxylation sites is 3. The standard InChI is InChI=1S/C48H34N3OP/c1-4-15-35(16-5-1)49-41-23-12-10-21-38(41)40-31-33(27-29-42(40)49)34-28-30-43-45(32-34)50(36-17-6-2-7-18-36)53(37-19-8-3-9-20-37)51(43)44-24-14-26-47-48(44)39-22-11-13-25-46(39)52-47/h1-9,11,13-32H,10,12H2. The molecule has 0 amide bonds. The third-order valence-corrected chi connectivity index (χ3v) is 13.0. The largest absolute Gasteiger partial charge is 0.456 e. The first-order valence-corrected chi connectivity index (χ1v) is 19.5. The zero-order chi connectivity index (χ0) is 34.9. The zero-order valence-corrected chi connectivity index (χ0v) is 29.8. The van der Waals surface area contributed by atoms with E-state index < -0.39 is 8.22 Å². The number of hydrogen-bond acceptors (Lipinski definition) is 3. The Bertz CT molecular complexity index is 2970. The molecule has 5 heteroatoms. The first-order valence-electron chi connectivity index (χ1n) is 18.3. The molecule has 0 spiro atoms. The third-order valence-electron chi connectivity index (χ3n) is 10.7. The minimum absolute atomic E-state index is 0.899. The molecule has 1 atom stereocenters. The number of aromatic nitrogens is 1. The monoisotopic (exact) mass is 699 g/mol. The van der Waals surface area contributed by atoms with Crippen LogP contribution in [0.15, 0.2) is 174 Å². The first kappa shape index (κ1) is 30.3. The van der Waals surface area contributed by atoms with Crippen molar-refractivity contribution in [3.8, 4) is 16.8 Å². The fraction of sp³-hybridized carbons (Fsp3) is 0.0417. The van der Waals surface area contributed by atoms with Gasteiger partial charge in [0.25, 0.3) is 0 Å². The molecule has 3 heterocycles. The predicted molar refractivity (Wildman–Crippen MR) is 224 cm³/mol. The maximum absolute atomic E-state index is 6.43. The fourth-order valence-corrected chi connectivity index (χ4v) is 10.9. The van der Waals surface area contributed by atoms with Crippen molar-refractivity contribution in [2.45, 2.75) is 12.8 Å². The number of benzene rings is 7. The Balaban J connectivity index is 1.15. The van der Waals surface area contributed by atoms with Gasteiger partial charge in [0.1, 0.15) is 19.4 Å². The summed E-state index contributed by atoms with van der Waals surface area (Å²) in [7, 11) is -1.08. The molecule has 1 aliphatic carbocycles. The summed E-state index contributed by atoms with van der Waals surface area (Å²) in [5.41, 5.74) is 11.3. The lowest BCUT2D eigenvalue weighted by atomic mass is 10.0. The highest BCUT2D eigenvalue weighted by Gasteiger charge is 2.41. The van der Waals surface area contributed by atoms with Gasteiger partial charge in [-0.05, 0) is 90.7 Å². The number of rotatable bonds is 5. The highest BCUT2D eigenvalue weighted by molar-refractivity contribution is 7.70. The van der Waals surface area contributed by atoms with Crippen molar-refractivity contribution in [1.82, 2.24) is 4.57 Å². The number of fused-ring (bicyclic) bond motifs is 7. The van der Waals surface area contributed by atoms with Crippen molar-refractivity contribution >= 4 is 81.3 Å².